The zero-order chi connectivity index (χ0) is 75.4. The van der Waals surface area contributed by atoms with Crippen molar-refractivity contribution in [1.29, 1.82) is 0 Å². The molecule has 0 aromatic heterocycles. The lowest BCUT2D eigenvalue weighted by molar-refractivity contribution is -0.394. The molecule has 1 aliphatic carbocycles. The maximum absolute atomic E-state index is 13.1. The number of aliphatic carboxylic acids is 2. The van der Waals surface area contributed by atoms with Crippen LogP contribution in [-0.2, 0) is 85.5 Å². The molecule has 0 aromatic carbocycles. The Morgan fingerprint density at radius 2 is 0.748 bits per heavy atom. The van der Waals surface area contributed by atoms with E-state index >= 15 is 0 Å². The second-order valence-corrected chi connectivity index (χ2v) is 28.9. The first-order valence-electron chi connectivity index (χ1n) is 33.9. The molecular formula is C61H101NO39S2. The van der Waals surface area contributed by atoms with Crippen LogP contribution < -0.4 is 5.32 Å². The fraction of sp³-hybridized carbons (Fsp3) is 0.934. The lowest BCUT2D eigenvalue weighted by atomic mass is 9.70. The molecule has 0 aromatic rings. The number of aliphatic hydroxyl groups excluding tert-OH is 19. The van der Waals surface area contributed by atoms with Gasteiger partial charge >= 0.3 is 11.9 Å². The Kier molecular flexibility index (Phi) is 33.5. The van der Waals surface area contributed by atoms with Crippen molar-refractivity contribution in [3.8, 4) is 0 Å². The Balaban J connectivity index is 1.08. The number of ether oxygens (including phenoxy) is 14. The molecule has 0 spiro atoms. The Hall–Kier alpha value is -2.38. The molecule has 14 bridgehead atoms. The zero-order valence-corrected chi connectivity index (χ0v) is 57.8. The van der Waals surface area contributed by atoms with Crippen molar-refractivity contribution in [2.45, 2.75) is 242 Å². The van der Waals surface area contributed by atoms with Crippen LogP contribution in [0.1, 0.15) is 39.0 Å². The van der Waals surface area contributed by atoms with Crippen molar-refractivity contribution in [3.05, 3.63) is 0 Å². The first-order chi connectivity index (χ1) is 49.0. The molecule has 14 unspecified atom stereocenters. The van der Waals surface area contributed by atoms with Crippen molar-refractivity contribution in [3.63, 3.8) is 0 Å². The van der Waals surface area contributed by atoms with Gasteiger partial charge in [-0.1, -0.05) is 0 Å². The smallest absolute Gasteiger partial charge is 0.321 e. The predicted octanol–water partition coefficient (Wildman–Crippen LogP) is -11.5. The van der Waals surface area contributed by atoms with E-state index in [9.17, 15) is 126 Å². The molecule has 0 radical (unpaired) electrons. The molecule has 103 heavy (non-hydrogen) atoms. The fourth-order valence-corrected chi connectivity index (χ4v) is 16.3. The third kappa shape index (κ3) is 21.0. The maximum atomic E-state index is 13.1. The van der Waals surface area contributed by atoms with E-state index < -0.39 is 290 Å². The minimum atomic E-state index is -2.26. The van der Waals surface area contributed by atoms with E-state index in [1.165, 1.54) is 14.0 Å². The molecule has 22 N–H and O–H groups in total. The van der Waals surface area contributed by atoms with E-state index in [0.29, 0.717) is 0 Å². The van der Waals surface area contributed by atoms with Crippen molar-refractivity contribution < 1.29 is 193 Å². The number of carboxylic acid groups (broad SMARTS) is 2. The summed E-state index contributed by atoms with van der Waals surface area (Å²) < 4.78 is 82.0. The summed E-state index contributed by atoms with van der Waals surface area (Å²) in [5.41, 5.74) is 0. The van der Waals surface area contributed by atoms with Gasteiger partial charge in [0.05, 0.1) is 95.9 Å². The van der Waals surface area contributed by atoms with Crippen LogP contribution in [0.15, 0.2) is 0 Å². The number of Topliss-reactive ketones (excluding diaryl/α,β-unsaturated/α-hetero) is 2. The third-order valence-corrected chi connectivity index (χ3v) is 22.1. The van der Waals surface area contributed by atoms with Gasteiger partial charge in [0.2, 0.25) is 0 Å². The normalized spacial score (nSPS) is 44.9. The highest BCUT2D eigenvalue weighted by Crippen LogP contribution is 2.44. The molecule has 21 fully saturated rings. The Bertz CT molecular complexity index is 2610. The topological polar surface area (TPSA) is 634 Å². The molecule has 37 atom stereocenters. The summed E-state index contributed by atoms with van der Waals surface area (Å²) >= 11 is 1.86. The number of carboxylic acids is 2. The van der Waals surface area contributed by atoms with E-state index in [1.54, 1.807) is 0 Å². The molecule has 20 heterocycles. The molecule has 1 saturated carbocycles. The van der Waals surface area contributed by atoms with Crippen molar-refractivity contribution >= 4 is 47.0 Å². The number of rotatable bonds is 27. The number of ketones is 2. The summed E-state index contributed by atoms with van der Waals surface area (Å²) in [5.74, 6) is -8.97. The molecule has 596 valence electrons. The third-order valence-electron chi connectivity index (χ3n) is 19.7. The summed E-state index contributed by atoms with van der Waals surface area (Å²) in [6.45, 7) is -3.50. The number of thioether (sulfide) groups is 2. The summed E-state index contributed by atoms with van der Waals surface area (Å²) in [4.78, 5) is 48.8. The van der Waals surface area contributed by atoms with Crippen LogP contribution in [0.5, 0.6) is 0 Å². The minimum Gasteiger partial charge on any atom is -0.481 e. The van der Waals surface area contributed by atoms with Crippen LogP contribution in [0.2, 0.25) is 0 Å². The van der Waals surface area contributed by atoms with Crippen molar-refractivity contribution in [1.82, 2.24) is 5.32 Å². The molecule has 40 nitrogen and oxygen atoms in total. The van der Waals surface area contributed by atoms with Crippen LogP contribution in [0.3, 0.4) is 0 Å². The van der Waals surface area contributed by atoms with Gasteiger partial charge in [-0.15, -0.1) is 0 Å². The SMILES string of the molecule is CN[C@H](CSCC1O[C@H]2O[C@@H]3C(CO)O[C@H](O[C@@H]4C(CO)O[C@H](O[C@@H]5C(CO)O[C@H](O[C@@H]6C(CSC[C@@H](CC(=O)CCOCCOCCC(C)=O)C(=O)O)C[C@H](C[C@@H]7C(CO)O[C@@H](O[C@@H]8C(CO)O[C@@H](O[C@H]1[C@H](O)C2O)C(O)[C@H]8O)C(O)[C@H]7O)C(O)[C@H]6O)C(O)[C@H]5O)C(O)[C@H]4O)C(O)[C@H]3O)C(=O)O. The molecular weight excluding hydrogens is 1430 g/mol. The first-order valence-corrected chi connectivity index (χ1v) is 36.2. The lowest BCUT2D eigenvalue weighted by Gasteiger charge is -2.50. The largest absolute Gasteiger partial charge is 0.481 e. The quantitative estimate of drug-likeness (QED) is 0.0340. The number of nitrogens with one attached hydrogen (secondary N) is 1. The molecule has 20 aliphatic heterocycles. The lowest BCUT2D eigenvalue weighted by Crippen LogP contribution is -2.68. The van der Waals surface area contributed by atoms with Gasteiger partial charge in [0.15, 0.2) is 37.7 Å². The number of hydrogen-bond donors (Lipinski definition) is 22. The van der Waals surface area contributed by atoms with E-state index in [-0.39, 0.29) is 74.5 Å². The van der Waals surface area contributed by atoms with E-state index in [2.05, 4.69) is 5.32 Å². The van der Waals surface area contributed by atoms with Gasteiger partial charge in [-0.25, -0.2) is 0 Å². The predicted molar refractivity (Wildman–Crippen MR) is 338 cm³/mol. The van der Waals surface area contributed by atoms with Gasteiger partial charge in [0.1, 0.15) is 146 Å². The van der Waals surface area contributed by atoms with Gasteiger partial charge in [-0.05, 0) is 44.4 Å². The maximum Gasteiger partial charge on any atom is 0.321 e. The summed E-state index contributed by atoms with van der Waals surface area (Å²) in [6.07, 6.45) is -64.9. The van der Waals surface area contributed by atoms with Gasteiger partial charge in [-0.2, -0.15) is 23.5 Å². The van der Waals surface area contributed by atoms with Gasteiger partial charge in [0.25, 0.3) is 0 Å². The van der Waals surface area contributed by atoms with Crippen LogP contribution >= 0.6 is 23.5 Å². The Morgan fingerprint density at radius 3 is 1.13 bits per heavy atom. The number of carbonyl (C=O) groups excluding carboxylic acids is 2. The molecule has 21 rings (SSSR count). The summed E-state index contributed by atoms with van der Waals surface area (Å²) in [5, 5.41) is 241. The number of aliphatic hydroxyl groups is 19. The minimum absolute atomic E-state index is 0.0655. The number of hydrogen-bond acceptors (Lipinski definition) is 40. The van der Waals surface area contributed by atoms with E-state index in [1.807, 2.05) is 0 Å². The van der Waals surface area contributed by atoms with E-state index in [4.69, 9.17) is 66.3 Å². The van der Waals surface area contributed by atoms with Crippen LogP contribution in [0, 0.1) is 23.7 Å². The Labute approximate surface area is 597 Å². The van der Waals surface area contributed by atoms with E-state index in [0.717, 1.165) is 23.5 Å². The van der Waals surface area contributed by atoms with Crippen LogP contribution in [0.4, 0.5) is 0 Å². The second kappa shape index (κ2) is 40.0. The van der Waals surface area contributed by atoms with Crippen LogP contribution in [-0.4, -0.2) is 423 Å². The van der Waals surface area contributed by atoms with Gasteiger partial charge in [0, 0.05) is 42.4 Å². The zero-order valence-electron chi connectivity index (χ0n) is 56.1. The number of carbonyl (C=O) groups is 4. The van der Waals surface area contributed by atoms with Crippen molar-refractivity contribution in [2.75, 3.05) is 89.5 Å². The average Bonchev–Trinajstić information content (AvgIpc) is 0.785. The highest BCUT2D eigenvalue weighted by molar-refractivity contribution is 7.99. The molecule has 20 saturated heterocycles. The van der Waals surface area contributed by atoms with Crippen LogP contribution in [0.25, 0.3) is 0 Å². The highest BCUT2D eigenvalue weighted by Gasteiger charge is 2.59. The standard InChI is InChI=1S/C61H101NO39S2/c1-21(68)3-5-88-7-8-89-6-4-25(69)10-24(54(84)85)18-102-17-23-9-22-11-26-28(12-63)90-56(42(78)35(26)71)97-49-30(14-65)94-60(46(82)40(49)76)101-53-33(20-103-19-27(62-2)55(86)87)95-61(47(83)41(53)77)100-52-32(16-67)93-59(45(81)39(52)75)99-51-31(15-66)92-58(44(80)38(51)74)98-50-29(13-64)91-57(43(79)37(50)73)96-48(23)36(72)34(22)70/h22-24,26-53,56-67,70-83H,3-20H2,1-2H3,(H,84,85)(H,86,87)/t22-,23?,24-,26-,27-,28?,29?,30?,31?,32?,33?,34?,35+,36-,37-,38-,39-,40-,41-,42?,43?,44?,45?,46?,47?,48-,49-,50-,51-,52-,53-,56+,57-,58-,59-,60+,61+/m1/s1. The summed E-state index contributed by atoms with van der Waals surface area (Å²) in [7, 11) is 1.36. The molecule has 42 heteroatoms. The Morgan fingerprint density at radius 1 is 0.398 bits per heavy atom. The highest BCUT2D eigenvalue weighted by atomic mass is 32.2. The average molecular weight is 1540 g/mol. The van der Waals surface area contributed by atoms with Gasteiger partial charge < -0.3 is 179 Å². The number of likely N-dealkylation sites (N-methyl/N-ethyl adjacent to an activating group) is 1. The first kappa shape index (κ1) is 86.2. The second-order valence-electron chi connectivity index (χ2n) is 26.8. The van der Waals surface area contributed by atoms with Crippen molar-refractivity contribution in [2.24, 2.45) is 23.7 Å². The summed E-state index contributed by atoms with van der Waals surface area (Å²) in [6, 6.07) is -1.17. The molecule has 0 amide bonds. The van der Waals surface area contributed by atoms with Gasteiger partial charge in [-0.3, -0.25) is 19.2 Å². The fourth-order valence-electron chi connectivity index (χ4n) is 13.8. The monoisotopic (exact) mass is 1540 g/mol. The molecule has 21 aliphatic rings.